The Kier molecular flexibility index (Phi) is 14.3. The minimum atomic E-state index is -0.406. The van der Waals surface area contributed by atoms with Crippen molar-refractivity contribution in [3.63, 3.8) is 0 Å². The lowest BCUT2D eigenvalue weighted by Crippen LogP contribution is -2.06. The highest BCUT2D eigenvalue weighted by Crippen LogP contribution is 2.26. The van der Waals surface area contributed by atoms with E-state index in [2.05, 4.69) is 11.9 Å². The summed E-state index contributed by atoms with van der Waals surface area (Å²) >= 11 is 5.84. The predicted molar refractivity (Wildman–Crippen MR) is 117 cm³/mol. The number of nitrogens with zero attached hydrogens (tertiary/aromatic N) is 2. The van der Waals surface area contributed by atoms with Gasteiger partial charge in [-0.3, -0.25) is 0 Å². The molecule has 1 aromatic carbocycles. The van der Waals surface area contributed by atoms with Gasteiger partial charge >= 0.3 is 11.7 Å². The standard InChI is InChI=1S/C23H36ClN2O2/c1-2-3-4-5-6-7-8-9-10-11-12-13-14-15-18-28-23(27)20-16-17-21(24)22(19-20)26-25/h16-17,19H,2-15,18H2,1H3/q+1. The number of hydrogen-bond donors (Lipinski definition) is 0. The van der Waals surface area contributed by atoms with Crippen molar-refractivity contribution in [3.05, 3.63) is 33.8 Å². The van der Waals surface area contributed by atoms with E-state index in [1.807, 2.05) is 0 Å². The summed E-state index contributed by atoms with van der Waals surface area (Å²) in [7, 11) is 0. The van der Waals surface area contributed by atoms with E-state index in [0.717, 1.165) is 12.8 Å². The van der Waals surface area contributed by atoms with Crippen molar-refractivity contribution in [1.82, 2.24) is 0 Å². The zero-order valence-corrected chi connectivity index (χ0v) is 18.2. The van der Waals surface area contributed by atoms with Crippen LogP contribution in [-0.4, -0.2) is 12.6 Å². The first-order valence-electron chi connectivity index (χ1n) is 11.0. The summed E-state index contributed by atoms with van der Waals surface area (Å²) in [6.07, 6.45) is 18.2. The van der Waals surface area contributed by atoms with Crippen LogP contribution in [0.4, 0.5) is 5.69 Å². The Morgan fingerprint density at radius 1 is 0.893 bits per heavy atom. The largest absolute Gasteiger partial charge is 0.462 e. The Hall–Kier alpha value is -1.60. The van der Waals surface area contributed by atoms with E-state index in [-0.39, 0.29) is 5.69 Å². The molecule has 0 saturated heterocycles. The van der Waals surface area contributed by atoms with Crippen molar-refractivity contribution in [2.75, 3.05) is 6.61 Å². The quantitative estimate of drug-likeness (QED) is 0.157. The number of rotatable bonds is 16. The number of unbranched alkanes of at least 4 members (excludes halogenated alkanes) is 13. The predicted octanol–water partition coefficient (Wildman–Crippen LogP) is 8.46. The van der Waals surface area contributed by atoms with E-state index in [4.69, 9.17) is 21.7 Å². The Bertz CT molecular complexity index is 599. The number of carbonyl (C=O) groups excluding carboxylic acids is 1. The third-order valence-corrected chi connectivity index (χ3v) is 5.34. The fourth-order valence-corrected chi connectivity index (χ4v) is 3.42. The van der Waals surface area contributed by atoms with E-state index in [1.165, 1.54) is 89.2 Å². The number of benzene rings is 1. The highest BCUT2D eigenvalue weighted by molar-refractivity contribution is 6.33. The van der Waals surface area contributed by atoms with Gasteiger partial charge in [0.1, 0.15) is 5.02 Å². The summed E-state index contributed by atoms with van der Waals surface area (Å²) in [6, 6.07) is 4.53. The molecule has 1 aromatic rings. The average Bonchev–Trinajstić information content (AvgIpc) is 2.71. The number of hydrogen-bond acceptors (Lipinski definition) is 3. The van der Waals surface area contributed by atoms with Crippen molar-refractivity contribution in [1.29, 1.82) is 5.39 Å². The molecule has 0 fully saturated rings. The molecule has 0 atom stereocenters. The van der Waals surface area contributed by atoms with E-state index in [0.29, 0.717) is 17.2 Å². The van der Waals surface area contributed by atoms with E-state index in [9.17, 15) is 4.79 Å². The Morgan fingerprint density at radius 3 is 1.89 bits per heavy atom. The third-order valence-electron chi connectivity index (χ3n) is 5.02. The van der Waals surface area contributed by atoms with Gasteiger partial charge in [-0.25, -0.2) is 4.79 Å². The normalized spacial score (nSPS) is 10.6. The van der Waals surface area contributed by atoms with Gasteiger partial charge in [0.25, 0.3) is 0 Å². The maximum absolute atomic E-state index is 12.0. The zero-order valence-electron chi connectivity index (χ0n) is 17.4. The molecule has 0 aliphatic rings. The first-order valence-corrected chi connectivity index (χ1v) is 11.4. The zero-order chi connectivity index (χ0) is 20.5. The minimum Gasteiger partial charge on any atom is -0.462 e. The van der Waals surface area contributed by atoms with Gasteiger partial charge in [-0.05, 0) is 18.6 Å². The van der Waals surface area contributed by atoms with Crippen LogP contribution in [0.2, 0.25) is 5.02 Å². The molecule has 5 heteroatoms. The average molecular weight is 408 g/mol. The number of diazo groups is 1. The van der Waals surface area contributed by atoms with Crippen LogP contribution in [0.5, 0.6) is 0 Å². The lowest BCUT2D eigenvalue weighted by Gasteiger charge is -2.05. The molecule has 4 nitrogen and oxygen atoms in total. The van der Waals surface area contributed by atoms with Crippen LogP contribution < -0.4 is 0 Å². The molecule has 0 radical (unpaired) electrons. The fourth-order valence-electron chi connectivity index (χ4n) is 3.26. The highest BCUT2D eigenvalue weighted by Gasteiger charge is 2.17. The van der Waals surface area contributed by atoms with Crippen LogP contribution >= 0.6 is 11.6 Å². The topological polar surface area (TPSA) is 54.5 Å². The number of carbonyl (C=O) groups is 1. The van der Waals surface area contributed by atoms with Gasteiger partial charge < -0.3 is 4.74 Å². The molecule has 0 aliphatic carbocycles. The lowest BCUT2D eigenvalue weighted by molar-refractivity contribution is 0.0497. The molecule has 156 valence electrons. The van der Waals surface area contributed by atoms with Gasteiger partial charge in [0, 0.05) is 6.07 Å². The van der Waals surface area contributed by atoms with Gasteiger partial charge in [-0.2, -0.15) is 0 Å². The molecule has 0 aromatic heterocycles. The summed E-state index contributed by atoms with van der Waals surface area (Å²) in [4.78, 5) is 15.0. The first kappa shape index (κ1) is 24.4. The van der Waals surface area contributed by atoms with Gasteiger partial charge in [0.15, 0.2) is 4.98 Å². The van der Waals surface area contributed by atoms with E-state index in [1.54, 1.807) is 6.07 Å². The van der Waals surface area contributed by atoms with Crippen LogP contribution in [0.15, 0.2) is 18.2 Å². The van der Waals surface area contributed by atoms with Crippen molar-refractivity contribution >= 4 is 23.3 Å². The summed E-state index contributed by atoms with van der Waals surface area (Å²) in [5, 5.41) is 9.13. The highest BCUT2D eigenvalue weighted by atomic mass is 35.5. The van der Waals surface area contributed by atoms with Gasteiger partial charge in [0.2, 0.25) is 5.39 Å². The van der Waals surface area contributed by atoms with Crippen LogP contribution in [0.3, 0.4) is 0 Å². The second-order valence-corrected chi connectivity index (χ2v) is 7.91. The molecular weight excluding hydrogens is 372 g/mol. The molecule has 0 N–H and O–H groups in total. The van der Waals surface area contributed by atoms with Gasteiger partial charge in [-0.15, -0.1) is 0 Å². The van der Waals surface area contributed by atoms with E-state index >= 15 is 0 Å². The molecule has 28 heavy (non-hydrogen) atoms. The fraction of sp³-hybridized carbons (Fsp3) is 0.696. The SMILES string of the molecule is CCCCCCCCCCCCCCCCOC(=O)c1ccc(Cl)c([N+]#N)c1. The second-order valence-electron chi connectivity index (χ2n) is 7.50. The Morgan fingerprint density at radius 2 is 1.39 bits per heavy atom. The maximum Gasteiger partial charge on any atom is 0.404 e. The number of halogens is 1. The summed E-state index contributed by atoms with van der Waals surface area (Å²) in [5.74, 6) is -0.406. The van der Waals surface area contributed by atoms with Gasteiger partial charge in [0.05, 0.1) is 12.2 Å². The molecule has 1 rings (SSSR count). The summed E-state index contributed by atoms with van der Waals surface area (Å²) in [5.41, 5.74) is 0.523. The van der Waals surface area contributed by atoms with Crippen molar-refractivity contribution in [2.24, 2.45) is 0 Å². The molecular formula is C23H36ClN2O2+. The monoisotopic (exact) mass is 407 g/mol. The molecule has 0 unspecified atom stereocenters. The van der Waals surface area contributed by atoms with Crippen LogP contribution in [0.1, 0.15) is 107 Å². The Labute approximate surface area is 175 Å². The maximum atomic E-state index is 12.0. The van der Waals surface area contributed by atoms with Crippen LogP contribution in [0.25, 0.3) is 4.98 Å². The molecule has 0 heterocycles. The second kappa shape index (κ2) is 16.4. The van der Waals surface area contributed by atoms with Crippen LogP contribution in [-0.2, 0) is 4.74 Å². The summed E-state index contributed by atoms with van der Waals surface area (Å²) < 4.78 is 5.27. The lowest BCUT2D eigenvalue weighted by atomic mass is 10.0. The van der Waals surface area contributed by atoms with Gasteiger partial charge in [-0.1, -0.05) is 102 Å². The first-order chi connectivity index (χ1) is 13.7. The van der Waals surface area contributed by atoms with E-state index < -0.39 is 5.97 Å². The number of esters is 1. The third kappa shape index (κ3) is 11.3. The van der Waals surface area contributed by atoms with Crippen LogP contribution in [0, 0.1) is 5.39 Å². The van der Waals surface area contributed by atoms with Crippen molar-refractivity contribution in [2.45, 2.75) is 96.8 Å². The molecule has 0 aliphatic heterocycles. The smallest absolute Gasteiger partial charge is 0.404 e. The molecule has 0 spiro atoms. The Balaban J connectivity index is 1.93. The van der Waals surface area contributed by atoms with Crippen molar-refractivity contribution in [3.8, 4) is 0 Å². The molecule has 0 saturated carbocycles. The van der Waals surface area contributed by atoms with Crippen molar-refractivity contribution < 1.29 is 9.53 Å². The molecule has 0 amide bonds. The summed E-state index contributed by atoms with van der Waals surface area (Å²) in [6.45, 7) is 2.68. The molecule has 0 bridgehead atoms. The minimum absolute atomic E-state index is 0.174. The number of ether oxygens (including phenoxy) is 1.